The molecule has 0 aliphatic rings. The lowest BCUT2D eigenvalue weighted by atomic mass is 9.96. The largest absolute Gasteiger partial charge is 0.480 e. The topological polar surface area (TPSA) is 70.8 Å². The van der Waals surface area contributed by atoms with Gasteiger partial charge in [-0.1, -0.05) is 19.4 Å². The van der Waals surface area contributed by atoms with Gasteiger partial charge in [0.05, 0.1) is 5.56 Å². The summed E-state index contributed by atoms with van der Waals surface area (Å²) in [5, 5.41) is 11.9. The van der Waals surface area contributed by atoms with E-state index >= 15 is 0 Å². The van der Waals surface area contributed by atoms with Crippen LogP contribution in [-0.4, -0.2) is 26.9 Å². The van der Waals surface area contributed by atoms with Gasteiger partial charge in [-0.25, -0.2) is 4.79 Å². The molecule has 1 unspecified atom stereocenters. The number of hydrogen-bond acceptors (Lipinski definition) is 2. The number of aliphatic carboxylic acids is 1. The standard InChI is InChI=1S/C15H18N2O3/c1-3-7-15(2,14(19)20)16-13(18)11-9-12-6-4-5-8-17(12)10-11/h4-6,8-10H,3,7H2,1-2H3,(H,16,18)(H,19,20). The molecule has 2 aromatic heterocycles. The molecule has 2 heterocycles. The molecule has 0 aromatic carbocycles. The van der Waals surface area contributed by atoms with Gasteiger partial charge < -0.3 is 14.8 Å². The van der Waals surface area contributed by atoms with E-state index in [4.69, 9.17) is 0 Å². The van der Waals surface area contributed by atoms with Gasteiger partial charge >= 0.3 is 5.97 Å². The molecule has 20 heavy (non-hydrogen) atoms. The number of amides is 1. The lowest BCUT2D eigenvalue weighted by Crippen LogP contribution is -2.52. The second-order valence-corrected chi connectivity index (χ2v) is 5.10. The Kier molecular flexibility index (Phi) is 3.79. The van der Waals surface area contributed by atoms with Crippen LogP contribution < -0.4 is 5.32 Å². The molecule has 0 saturated heterocycles. The predicted molar refractivity (Wildman–Crippen MR) is 75.8 cm³/mol. The van der Waals surface area contributed by atoms with Crippen LogP contribution in [0.3, 0.4) is 0 Å². The number of hydrogen-bond donors (Lipinski definition) is 2. The molecule has 106 valence electrons. The third kappa shape index (κ3) is 2.66. The minimum atomic E-state index is -1.24. The van der Waals surface area contributed by atoms with Crippen LogP contribution in [0.5, 0.6) is 0 Å². The lowest BCUT2D eigenvalue weighted by molar-refractivity contribution is -0.144. The fourth-order valence-electron chi connectivity index (χ4n) is 2.23. The summed E-state index contributed by atoms with van der Waals surface area (Å²) in [4.78, 5) is 23.6. The van der Waals surface area contributed by atoms with E-state index in [1.54, 1.807) is 12.3 Å². The molecule has 2 aromatic rings. The van der Waals surface area contributed by atoms with Gasteiger partial charge in [-0.05, 0) is 31.5 Å². The van der Waals surface area contributed by atoms with Gasteiger partial charge in [0, 0.05) is 17.9 Å². The molecule has 0 radical (unpaired) electrons. The second-order valence-electron chi connectivity index (χ2n) is 5.10. The average molecular weight is 274 g/mol. The summed E-state index contributed by atoms with van der Waals surface area (Å²) >= 11 is 0. The third-order valence-corrected chi connectivity index (χ3v) is 3.38. The van der Waals surface area contributed by atoms with Gasteiger partial charge in [-0.15, -0.1) is 0 Å². The van der Waals surface area contributed by atoms with E-state index in [1.807, 2.05) is 35.7 Å². The van der Waals surface area contributed by atoms with Crippen molar-refractivity contribution in [2.75, 3.05) is 0 Å². The van der Waals surface area contributed by atoms with E-state index in [2.05, 4.69) is 5.32 Å². The highest BCUT2D eigenvalue weighted by molar-refractivity contribution is 5.98. The molecular weight excluding hydrogens is 256 g/mol. The Bertz CT molecular complexity index is 614. The number of rotatable bonds is 5. The van der Waals surface area contributed by atoms with Crippen molar-refractivity contribution in [3.8, 4) is 0 Å². The smallest absolute Gasteiger partial charge is 0.329 e. The first-order chi connectivity index (χ1) is 9.46. The number of carboxylic acids is 1. The van der Waals surface area contributed by atoms with Gasteiger partial charge in [0.1, 0.15) is 5.54 Å². The fourth-order valence-corrected chi connectivity index (χ4v) is 2.23. The van der Waals surface area contributed by atoms with Crippen molar-refractivity contribution in [1.82, 2.24) is 9.72 Å². The Balaban J connectivity index is 2.24. The average Bonchev–Trinajstić information content (AvgIpc) is 2.82. The van der Waals surface area contributed by atoms with Crippen LogP contribution >= 0.6 is 0 Å². The van der Waals surface area contributed by atoms with Gasteiger partial charge in [-0.2, -0.15) is 0 Å². The SMILES string of the molecule is CCCC(C)(NC(=O)c1cc2ccccn2c1)C(=O)O. The van der Waals surface area contributed by atoms with Crippen molar-refractivity contribution >= 4 is 17.4 Å². The molecule has 0 bridgehead atoms. The Morgan fingerprint density at radius 2 is 2.15 bits per heavy atom. The van der Waals surface area contributed by atoms with Crippen LogP contribution in [0.25, 0.3) is 5.52 Å². The number of nitrogens with zero attached hydrogens (tertiary/aromatic N) is 1. The molecule has 0 fully saturated rings. The van der Waals surface area contributed by atoms with Crippen LogP contribution in [0, 0.1) is 0 Å². The summed E-state index contributed by atoms with van der Waals surface area (Å²) in [5.74, 6) is -1.39. The maximum absolute atomic E-state index is 12.2. The molecule has 1 amide bonds. The van der Waals surface area contributed by atoms with Gasteiger partial charge in [0.25, 0.3) is 5.91 Å². The minimum Gasteiger partial charge on any atom is -0.480 e. The van der Waals surface area contributed by atoms with Crippen molar-refractivity contribution in [2.45, 2.75) is 32.2 Å². The molecule has 0 spiro atoms. The number of carbonyl (C=O) groups excluding carboxylic acids is 1. The van der Waals surface area contributed by atoms with E-state index in [1.165, 1.54) is 6.92 Å². The molecule has 1 atom stereocenters. The number of pyridine rings is 1. The highest BCUT2D eigenvalue weighted by Gasteiger charge is 2.34. The summed E-state index contributed by atoms with van der Waals surface area (Å²) in [6.45, 7) is 3.42. The lowest BCUT2D eigenvalue weighted by Gasteiger charge is -2.25. The summed E-state index contributed by atoms with van der Waals surface area (Å²) in [6, 6.07) is 7.38. The number of fused-ring (bicyclic) bond motifs is 1. The molecule has 0 aliphatic carbocycles. The maximum Gasteiger partial charge on any atom is 0.329 e. The summed E-state index contributed by atoms with van der Waals surface area (Å²) in [7, 11) is 0. The highest BCUT2D eigenvalue weighted by atomic mass is 16.4. The first-order valence-corrected chi connectivity index (χ1v) is 6.59. The van der Waals surface area contributed by atoms with Gasteiger partial charge in [0.15, 0.2) is 0 Å². The molecule has 0 saturated carbocycles. The number of aromatic nitrogens is 1. The van der Waals surface area contributed by atoms with Crippen molar-refractivity contribution in [3.63, 3.8) is 0 Å². The monoisotopic (exact) mass is 274 g/mol. The molecule has 5 heteroatoms. The summed E-state index contributed by atoms with van der Waals surface area (Å²) < 4.78 is 1.83. The maximum atomic E-state index is 12.2. The Hall–Kier alpha value is -2.30. The van der Waals surface area contributed by atoms with Crippen molar-refractivity contribution < 1.29 is 14.7 Å². The van der Waals surface area contributed by atoms with Crippen LogP contribution in [0.15, 0.2) is 36.7 Å². The first kappa shape index (κ1) is 14.1. The highest BCUT2D eigenvalue weighted by Crippen LogP contribution is 2.15. The fraction of sp³-hybridized carbons (Fsp3) is 0.333. The van der Waals surface area contributed by atoms with E-state index in [0.29, 0.717) is 18.4 Å². The zero-order valence-electron chi connectivity index (χ0n) is 11.6. The minimum absolute atomic E-state index is 0.368. The van der Waals surface area contributed by atoms with Crippen LogP contribution in [0.2, 0.25) is 0 Å². The van der Waals surface area contributed by atoms with Gasteiger partial charge in [-0.3, -0.25) is 4.79 Å². The van der Waals surface area contributed by atoms with Gasteiger partial charge in [0.2, 0.25) is 0 Å². The predicted octanol–water partition coefficient (Wildman–Crippen LogP) is 2.31. The quantitative estimate of drug-likeness (QED) is 0.879. The normalized spacial score (nSPS) is 13.9. The number of nitrogens with one attached hydrogen (secondary N) is 1. The third-order valence-electron chi connectivity index (χ3n) is 3.38. The van der Waals surface area contributed by atoms with E-state index in [0.717, 1.165) is 5.52 Å². The van der Waals surface area contributed by atoms with E-state index in [9.17, 15) is 14.7 Å². The van der Waals surface area contributed by atoms with E-state index in [-0.39, 0.29) is 5.91 Å². The van der Waals surface area contributed by atoms with Crippen molar-refractivity contribution in [2.24, 2.45) is 0 Å². The Morgan fingerprint density at radius 3 is 2.75 bits per heavy atom. The van der Waals surface area contributed by atoms with Crippen molar-refractivity contribution in [3.05, 3.63) is 42.2 Å². The van der Waals surface area contributed by atoms with Crippen LogP contribution in [0.4, 0.5) is 0 Å². The molecule has 2 rings (SSSR count). The van der Waals surface area contributed by atoms with Crippen molar-refractivity contribution in [1.29, 1.82) is 0 Å². The molecule has 0 aliphatic heterocycles. The number of carbonyl (C=O) groups is 2. The van der Waals surface area contributed by atoms with Crippen LogP contribution in [-0.2, 0) is 4.79 Å². The Morgan fingerprint density at radius 1 is 1.40 bits per heavy atom. The molecular formula is C15H18N2O3. The summed E-state index contributed by atoms with van der Waals surface area (Å²) in [6.07, 6.45) is 4.61. The van der Waals surface area contributed by atoms with Crippen LogP contribution in [0.1, 0.15) is 37.0 Å². The zero-order chi connectivity index (χ0) is 14.8. The molecule has 2 N–H and O–H groups in total. The molecule has 5 nitrogen and oxygen atoms in total. The Labute approximate surface area is 117 Å². The summed E-state index contributed by atoms with van der Waals surface area (Å²) in [5.41, 5.74) is 0.116. The first-order valence-electron chi connectivity index (χ1n) is 6.59. The zero-order valence-corrected chi connectivity index (χ0v) is 11.6. The number of carboxylic acid groups (broad SMARTS) is 1. The van der Waals surface area contributed by atoms with E-state index < -0.39 is 11.5 Å². The second kappa shape index (κ2) is 5.36.